The first-order valence-corrected chi connectivity index (χ1v) is 7.40. The summed E-state index contributed by atoms with van der Waals surface area (Å²) in [5, 5.41) is 9.63. The molecule has 0 radical (unpaired) electrons. The van der Waals surface area contributed by atoms with Gasteiger partial charge in [-0.05, 0) is 29.8 Å². The Bertz CT molecular complexity index is 766. The second-order valence-corrected chi connectivity index (χ2v) is 5.48. The van der Waals surface area contributed by atoms with Gasteiger partial charge in [-0.3, -0.25) is 0 Å². The topological polar surface area (TPSA) is 61.4 Å². The number of imidazole rings is 1. The van der Waals surface area contributed by atoms with E-state index in [1.54, 1.807) is 12.1 Å². The van der Waals surface area contributed by atoms with Gasteiger partial charge in [0.25, 0.3) is 0 Å². The van der Waals surface area contributed by atoms with Gasteiger partial charge in [-0.25, -0.2) is 4.98 Å². The maximum absolute atomic E-state index is 9.63. The molecule has 0 aliphatic carbocycles. The number of nitrogens with one attached hydrogen (secondary N) is 1. The molecule has 0 saturated carbocycles. The van der Waals surface area contributed by atoms with E-state index in [4.69, 9.17) is 4.74 Å². The van der Waals surface area contributed by atoms with Gasteiger partial charge in [-0.2, -0.15) is 0 Å². The molecule has 1 aromatic heterocycles. The normalized spacial score (nSPS) is 18.7. The van der Waals surface area contributed by atoms with Gasteiger partial charge in [0, 0.05) is 6.54 Å². The van der Waals surface area contributed by atoms with E-state index < -0.39 is 0 Å². The third-order valence-electron chi connectivity index (χ3n) is 3.98. The van der Waals surface area contributed by atoms with Crippen LogP contribution < -0.4 is 4.90 Å². The molecule has 1 unspecified atom stereocenters. The van der Waals surface area contributed by atoms with E-state index in [9.17, 15) is 5.11 Å². The zero-order chi connectivity index (χ0) is 14.9. The Morgan fingerprint density at radius 3 is 2.95 bits per heavy atom. The second kappa shape index (κ2) is 5.35. The number of morpholine rings is 1. The molecule has 1 fully saturated rings. The largest absolute Gasteiger partial charge is 0.508 e. The van der Waals surface area contributed by atoms with Crippen molar-refractivity contribution >= 4 is 17.0 Å². The van der Waals surface area contributed by atoms with Crippen LogP contribution in [0.1, 0.15) is 11.7 Å². The predicted molar refractivity (Wildman–Crippen MR) is 85.1 cm³/mol. The Morgan fingerprint density at radius 2 is 2.09 bits per heavy atom. The summed E-state index contributed by atoms with van der Waals surface area (Å²) in [7, 11) is 0. The lowest BCUT2D eigenvalue weighted by Crippen LogP contribution is -2.39. The molecule has 0 spiro atoms. The van der Waals surface area contributed by atoms with Crippen LogP contribution in [0.25, 0.3) is 11.0 Å². The summed E-state index contributed by atoms with van der Waals surface area (Å²) in [5.41, 5.74) is 3.00. The standard InChI is InChI=1S/C17H17N3O2/c21-13-5-3-4-12(10-13)16-11-20(8-9-22-16)17-18-14-6-1-2-7-15(14)19-17/h1-7,10,16,21H,8-9,11H2,(H,18,19). The van der Waals surface area contributed by atoms with Crippen LogP contribution in [0.15, 0.2) is 48.5 Å². The molecular weight excluding hydrogens is 278 g/mol. The lowest BCUT2D eigenvalue weighted by atomic mass is 10.1. The summed E-state index contributed by atoms with van der Waals surface area (Å²) in [6, 6.07) is 15.3. The molecule has 1 aliphatic heterocycles. The van der Waals surface area contributed by atoms with Crippen LogP contribution in [0.3, 0.4) is 0 Å². The lowest BCUT2D eigenvalue weighted by molar-refractivity contribution is 0.0392. The first kappa shape index (κ1) is 13.2. The molecule has 112 valence electrons. The third-order valence-corrected chi connectivity index (χ3v) is 3.98. The average Bonchev–Trinajstić information content (AvgIpc) is 2.99. The summed E-state index contributed by atoms with van der Waals surface area (Å²) in [6.45, 7) is 2.15. The molecular formula is C17H17N3O2. The van der Waals surface area contributed by atoms with E-state index in [1.165, 1.54) is 0 Å². The highest BCUT2D eigenvalue weighted by Gasteiger charge is 2.24. The number of phenolic OH excluding ortho intramolecular Hbond substituents is 1. The van der Waals surface area contributed by atoms with Crippen molar-refractivity contribution in [2.45, 2.75) is 6.10 Å². The Hall–Kier alpha value is -2.53. The molecule has 1 atom stereocenters. The molecule has 4 rings (SSSR count). The number of hydrogen-bond acceptors (Lipinski definition) is 4. The van der Waals surface area contributed by atoms with Gasteiger partial charge in [0.15, 0.2) is 0 Å². The Labute approximate surface area is 128 Å². The summed E-state index contributed by atoms with van der Waals surface area (Å²) < 4.78 is 5.85. The summed E-state index contributed by atoms with van der Waals surface area (Å²) >= 11 is 0. The molecule has 2 aromatic carbocycles. The van der Waals surface area contributed by atoms with Crippen molar-refractivity contribution in [2.75, 3.05) is 24.6 Å². The van der Waals surface area contributed by atoms with Gasteiger partial charge in [0.05, 0.1) is 24.2 Å². The Morgan fingerprint density at radius 1 is 1.18 bits per heavy atom. The SMILES string of the molecule is Oc1cccc(C2CN(c3nc4ccccc4[nH]3)CCO2)c1. The summed E-state index contributed by atoms with van der Waals surface area (Å²) in [6.07, 6.45) is -0.0611. The molecule has 1 saturated heterocycles. The molecule has 5 nitrogen and oxygen atoms in total. The van der Waals surface area contributed by atoms with Crippen molar-refractivity contribution in [3.63, 3.8) is 0 Å². The van der Waals surface area contributed by atoms with E-state index >= 15 is 0 Å². The minimum absolute atomic E-state index is 0.0611. The number of nitrogens with zero attached hydrogens (tertiary/aromatic N) is 2. The third kappa shape index (κ3) is 2.40. The smallest absolute Gasteiger partial charge is 0.204 e. The number of rotatable bonds is 2. The molecule has 1 aliphatic rings. The van der Waals surface area contributed by atoms with Gasteiger partial charge in [0.1, 0.15) is 11.9 Å². The molecule has 2 N–H and O–H groups in total. The number of phenols is 1. The number of anilines is 1. The number of H-pyrrole nitrogens is 1. The molecule has 2 heterocycles. The fourth-order valence-electron chi connectivity index (χ4n) is 2.86. The molecule has 22 heavy (non-hydrogen) atoms. The zero-order valence-corrected chi connectivity index (χ0v) is 12.1. The van der Waals surface area contributed by atoms with Gasteiger partial charge < -0.3 is 19.7 Å². The van der Waals surface area contributed by atoms with Crippen molar-refractivity contribution in [3.8, 4) is 5.75 Å². The number of benzene rings is 2. The van der Waals surface area contributed by atoms with Crippen molar-refractivity contribution in [1.82, 2.24) is 9.97 Å². The lowest BCUT2D eigenvalue weighted by Gasteiger charge is -2.33. The Balaban J connectivity index is 1.60. The highest BCUT2D eigenvalue weighted by molar-refractivity contribution is 5.77. The maximum atomic E-state index is 9.63. The number of aromatic hydroxyl groups is 1. The summed E-state index contributed by atoms with van der Waals surface area (Å²) in [5.74, 6) is 1.14. The van der Waals surface area contributed by atoms with Crippen LogP contribution in [0.2, 0.25) is 0 Å². The van der Waals surface area contributed by atoms with Crippen molar-refractivity contribution in [3.05, 3.63) is 54.1 Å². The van der Waals surface area contributed by atoms with E-state index in [2.05, 4.69) is 14.9 Å². The van der Waals surface area contributed by atoms with Crippen molar-refractivity contribution in [1.29, 1.82) is 0 Å². The first-order chi connectivity index (χ1) is 10.8. The van der Waals surface area contributed by atoms with Crippen LogP contribution in [0.4, 0.5) is 5.95 Å². The zero-order valence-electron chi connectivity index (χ0n) is 12.1. The van der Waals surface area contributed by atoms with Gasteiger partial charge in [0.2, 0.25) is 5.95 Å². The fraction of sp³-hybridized carbons (Fsp3) is 0.235. The number of ether oxygens (including phenoxy) is 1. The van der Waals surface area contributed by atoms with E-state index in [-0.39, 0.29) is 11.9 Å². The van der Waals surface area contributed by atoms with Gasteiger partial charge in [-0.15, -0.1) is 0 Å². The molecule has 5 heteroatoms. The summed E-state index contributed by atoms with van der Waals surface area (Å²) in [4.78, 5) is 10.2. The average molecular weight is 295 g/mol. The maximum Gasteiger partial charge on any atom is 0.204 e. The van der Waals surface area contributed by atoms with E-state index in [0.29, 0.717) is 13.2 Å². The fourth-order valence-corrected chi connectivity index (χ4v) is 2.86. The van der Waals surface area contributed by atoms with Crippen LogP contribution in [0.5, 0.6) is 5.75 Å². The second-order valence-electron chi connectivity index (χ2n) is 5.48. The van der Waals surface area contributed by atoms with Crippen LogP contribution >= 0.6 is 0 Å². The quantitative estimate of drug-likeness (QED) is 0.763. The minimum atomic E-state index is -0.0611. The van der Waals surface area contributed by atoms with Gasteiger partial charge in [-0.1, -0.05) is 24.3 Å². The number of hydrogen-bond donors (Lipinski definition) is 2. The van der Waals surface area contributed by atoms with E-state index in [0.717, 1.165) is 29.1 Å². The Kier molecular flexibility index (Phi) is 3.20. The predicted octanol–water partition coefficient (Wildman–Crippen LogP) is 2.85. The highest BCUT2D eigenvalue weighted by atomic mass is 16.5. The monoisotopic (exact) mass is 295 g/mol. The van der Waals surface area contributed by atoms with Crippen LogP contribution in [0, 0.1) is 0 Å². The molecule has 0 bridgehead atoms. The first-order valence-electron chi connectivity index (χ1n) is 7.40. The van der Waals surface area contributed by atoms with Crippen LogP contribution in [-0.2, 0) is 4.74 Å². The van der Waals surface area contributed by atoms with Gasteiger partial charge >= 0.3 is 0 Å². The van der Waals surface area contributed by atoms with Crippen molar-refractivity contribution < 1.29 is 9.84 Å². The number of aromatic nitrogens is 2. The van der Waals surface area contributed by atoms with E-state index in [1.807, 2.05) is 36.4 Å². The van der Waals surface area contributed by atoms with Crippen molar-refractivity contribution in [2.24, 2.45) is 0 Å². The van der Waals surface area contributed by atoms with Crippen LogP contribution in [-0.4, -0.2) is 34.8 Å². The number of aromatic amines is 1. The number of para-hydroxylation sites is 2. The molecule has 3 aromatic rings. The highest BCUT2D eigenvalue weighted by Crippen LogP contribution is 2.27. The molecule has 0 amide bonds. The minimum Gasteiger partial charge on any atom is -0.508 e. The number of fused-ring (bicyclic) bond motifs is 1.